The van der Waals surface area contributed by atoms with E-state index in [2.05, 4.69) is 14.9 Å². The Kier molecular flexibility index (Phi) is 6.03. The van der Waals surface area contributed by atoms with E-state index in [9.17, 15) is 4.79 Å². The molecule has 1 aromatic heterocycles. The SMILES string of the molecule is COC(=O)Cc1nnc(Cc2ccc(OC)c(-c3cccc(Cl)c3)c2F)s1. The fourth-order valence-corrected chi connectivity index (χ4v) is 3.65. The summed E-state index contributed by atoms with van der Waals surface area (Å²) in [6.45, 7) is 0. The van der Waals surface area contributed by atoms with E-state index < -0.39 is 11.8 Å². The minimum Gasteiger partial charge on any atom is -0.496 e. The topological polar surface area (TPSA) is 61.3 Å². The molecule has 0 amide bonds. The van der Waals surface area contributed by atoms with E-state index >= 15 is 4.39 Å². The summed E-state index contributed by atoms with van der Waals surface area (Å²) >= 11 is 7.30. The number of ether oxygens (including phenoxy) is 2. The van der Waals surface area contributed by atoms with Gasteiger partial charge in [0.15, 0.2) is 0 Å². The van der Waals surface area contributed by atoms with E-state index in [0.29, 0.717) is 37.5 Å². The number of carbonyl (C=O) groups excluding carboxylic acids is 1. The molecule has 0 fully saturated rings. The average molecular weight is 407 g/mol. The van der Waals surface area contributed by atoms with Gasteiger partial charge in [-0.25, -0.2) is 4.39 Å². The highest BCUT2D eigenvalue weighted by Gasteiger charge is 2.18. The molecule has 0 radical (unpaired) electrons. The van der Waals surface area contributed by atoms with Gasteiger partial charge in [-0.2, -0.15) is 0 Å². The van der Waals surface area contributed by atoms with Crippen LogP contribution in [-0.2, 0) is 22.4 Å². The van der Waals surface area contributed by atoms with E-state index in [1.165, 1.54) is 25.6 Å². The van der Waals surface area contributed by atoms with Crippen LogP contribution in [0.3, 0.4) is 0 Å². The Morgan fingerprint density at radius 3 is 2.67 bits per heavy atom. The van der Waals surface area contributed by atoms with Crippen LogP contribution in [0.2, 0.25) is 5.02 Å². The first kappa shape index (κ1) is 19.3. The van der Waals surface area contributed by atoms with Crippen molar-refractivity contribution >= 4 is 28.9 Å². The molecule has 0 saturated carbocycles. The highest BCUT2D eigenvalue weighted by atomic mass is 35.5. The third kappa shape index (κ3) is 4.43. The Morgan fingerprint density at radius 1 is 1.19 bits per heavy atom. The first-order valence-corrected chi connectivity index (χ1v) is 9.20. The van der Waals surface area contributed by atoms with Crippen molar-refractivity contribution < 1.29 is 18.7 Å². The number of aromatic nitrogens is 2. The van der Waals surface area contributed by atoms with Crippen LogP contribution in [0, 0.1) is 5.82 Å². The second-order valence-electron chi connectivity index (χ2n) is 5.65. The number of hydrogen-bond donors (Lipinski definition) is 0. The molecule has 2 aromatic carbocycles. The number of carbonyl (C=O) groups is 1. The van der Waals surface area contributed by atoms with Crippen LogP contribution in [0.4, 0.5) is 4.39 Å². The molecule has 0 bridgehead atoms. The predicted molar refractivity (Wildman–Crippen MR) is 102 cm³/mol. The van der Waals surface area contributed by atoms with Crippen molar-refractivity contribution in [2.24, 2.45) is 0 Å². The van der Waals surface area contributed by atoms with Crippen LogP contribution >= 0.6 is 22.9 Å². The van der Waals surface area contributed by atoms with Crippen LogP contribution in [0.1, 0.15) is 15.6 Å². The number of methoxy groups -OCH3 is 2. The maximum atomic E-state index is 15.3. The summed E-state index contributed by atoms with van der Waals surface area (Å²) in [5.41, 5.74) is 1.42. The van der Waals surface area contributed by atoms with Crippen molar-refractivity contribution in [3.05, 3.63) is 62.8 Å². The molecule has 0 aliphatic rings. The minimum absolute atomic E-state index is 0.0486. The minimum atomic E-state index is -0.402. The molecule has 0 spiro atoms. The van der Waals surface area contributed by atoms with Gasteiger partial charge in [-0.3, -0.25) is 4.79 Å². The molecule has 27 heavy (non-hydrogen) atoms. The third-order valence-electron chi connectivity index (χ3n) is 3.89. The van der Waals surface area contributed by atoms with Gasteiger partial charge in [0.2, 0.25) is 0 Å². The van der Waals surface area contributed by atoms with Gasteiger partial charge in [-0.1, -0.05) is 29.8 Å². The number of rotatable bonds is 6. The molecule has 140 valence electrons. The predicted octanol–water partition coefficient (Wildman–Crippen LogP) is 4.31. The Morgan fingerprint density at radius 2 is 1.96 bits per heavy atom. The van der Waals surface area contributed by atoms with Crippen molar-refractivity contribution in [1.82, 2.24) is 10.2 Å². The largest absolute Gasteiger partial charge is 0.496 e. The molecule has 0 atom stereocenters. The molecule has 0 saturated heterocycles. The molecule has 0 aliphatic carbocycles. The van der Waals surface area contributed by atoms with Gasteiger partial charge in [0.05, 0.1) is 26.2 Å². The lowest BCUT2D eigenvalue weighted by atomic mass is 9.99. The van der Waals surface area contributed by atoms with Gasteiger partial charge in [-0.15, -0.1) is 21.5 Å². The van der Waals surface area contributed by atoms with Gasteiger partial charge in [-0.05, 0) is 29.3 Å². The monoisotopic (exact) mass is 406 g/mol. The first-order valence-electron chi connectivity index (χ1n) is 8.01. The number of nitrogens with zero attached hydrogens (tertiary/aromatic N) is 2. The van der Waals surface area contributed by atoms with Crippen LogP contribution in [-0.4, -0.2) is 30.4 Å². The van der Waals surface area contributed by atoms with Crippen LogP contribution < -0.4 is 4.74 Å². The second kappa shape index (κ2) is 8.45. The van der Waals surface area contributed by atoms with Crippen LogP contribution in [0.25, 0.3) is 11.1 Å². The van der Waals surface area contributed by atoms with Crippen molar-refractivity contribution in [3.8, 4) is 16.9 Å². The number of esters is 1. The van der Waals surface area contributed by atoms with Gasteiger partial charge in [0.25, 0.3) is 0 Å². The highest BCUT2D eigenvalue weighted by Crippen LogP contribution is 2.36. The number of benzene rings is 2. The van der Waals surface area contributed by atoms with E-state index in [1.807, 2.05) is 0 Å². The quantitative estimate of drug-likeness (QED) is 0.571. The summed E-state index contributed by atoms with van der Waals surface area (Å²) in [7, 11) is 2.81. The van der Waals surface area contributed by atoms with Crippen LogP contribution in [0.15, 0.2) is 36.4 Å². The molecular weight excluding hydrogens is 391 g/mol. The van der Waals surface area contributed by atoms with Crippen molar-refractivity contribution in [3.63, 3.8) is 0 Å². The smallest absolute Gasteiger partial charge is 0.312 e. The van der Waals surface area contributed by atoms with Crippen molar-refractivity contribution in [2.45, 2.75) is 12.8 Å². The molecule has 1 heterocycles. The number of halogens is 2. The third-order valence-corrected chi connectivity index (χ3v) is 5.05. The Balaban J connectivity index is 1.93. The maximum absolute atomic E-state index is 15.3. The molecule has 3 aromatic rings. The Hall–Kier alpha value is -2.51. The molecule has 3 rings (SSSR count). The second-order valence-corrected chi connectivity index (χ2v) is 7.23. The molecule has 5 nitrogen and oxygen atoms in total. The van der Waals surface area contributed by atoms with E-state index in [4.69, 9.17) is 16.3 Å². The summed E-state index contributed by atoms with van der Waals surface area (Å²) in [5, 5.41) is 9.64. The molecule has 0 N–H and O–H groups in total. The van der Waals surface area contributed by atoms with Crippen molar-refractivity contribution in [1.29, 1.82) is 0 Å². The lowest BCUT2D eigenvalue weighted by molar-refractivity contribution is -0.139. The average Bonchev–Trinajstić information content (AvgIpc) is 3.09. The summed E-state index contributed by atoms with van der Waals surface area (Å²) in [6, 6.07) is 10.3. The Bertz CT molecular complexity index is 977. The Labute approximate surface area is 164 Å². The zero-order valence-electron chi connectivity index (χ0n) is 14.7. The van der Waals surface area contributed by atoms with E-state index in [1.54, 1.807) is 36.4 Å². The standard InChI is InChI=1S/C19H16ClFN2O3S/c1-25-14-7-6-12(9-15-22-23-16(27-15)10-17(24)26-2)19(21)18(14)11-4-3-5-13(20)8-11/h3-8H,9-10H2,1-2H3. The molecule has 8 heteroatoms. The van der Waals surface area contributed by atoms with E-state index in [-0.39, 0.29) is 12.8 Å². The lowest BCUT2D eigenvalue weighted by Gasteiger charge is -2.13. The van der Waals surface area contributed by atoms with Gasteiger partial charge >= 0.3 is 5.97 Å². The first-order chi connectivity index (χ1) is 13.0. The summed E-state index contributed by atoms with van der Waals surface area (Å²) in [6.07, 6.45) is 0.301. The van der Waals surface area contributed by atoms with Gasteiger partial charge in [0.1, 0.15) is 21.6 Å². The fourth-order valence-electron chi connectivity index (χ4n) is 2.61. The molecule has 0 aliphatic heterocycles. The normalized spacial score (nSPS) is 10.7. The lowest BCUT2D eigenvalue weighted by Crippen LogP contribution is -2.03. The highest BCUT2D eigenvalue weighted by molar-refractivity contribution is 7.11. The molecular formula is C19H16ClFN2O3S. The van der Waals surface area contributed by atoms with Crippen molar-refractivity contribution in [2.75, 3.05) is 14.2 Å². The molecule has 0 unspecified atom stereocenters. The zero-order chi connectivity index (χ0) is 19.4. The zero-order valence-corrected chi connectivity index (χ0v) is 16.2. The maximum Gasteiger partial charge on any atom is 0.312 e. The van der Waals surface area contributed by atoms with Gasteiger partial charge < -0.3 is 9.47 Å². The summed E-state index contributed by atoms with van der Waals surface area (Å²) in [4.78, 5) is 11.3. The van der Waals surface area contributed by atoms with Crippen LogP contribution in [0.5, 0.6) is 5.75 Å². The van der Waals surface area contributed by atoms with E-state index in [0.717, 1.165) is 0 Å². The summed E-state index contributed by atoms with van der Waals surface area (Å²) < 4.78 is 25.2. The number of hydrogen-bond acceptors (Lipinski definition) is 6. The summed E-state index contributed by atoms with van der Waals surface area (Å²) in [5.74, 6) is -0.375. The fraction of sp³-hybridized carbons (Fsp3) is 0.211. The van der Waals surface area contributed by atoms with Gasteiger partial charge in [0, 0.05) is 11.4 Å².